The minimum absolute atomic E-state index is 0.111. The van der Waals surface area contributed by atoms with Gasteiger partial charge in [-0.3, -0.25) is 9.59 Å². The van der Waals surface area contributed by atoms with Gasteiger partial charge in [-0.25, -0.2) is 0 Å². The number of nitrogens with one attached hydrogen (secondary N) is 2. The van der Waals surface area contributed by atoms with Crippen LogP contribution in [-0.2, 0) is 4.74 Å². The third-order valence-electron chi connectivity index (χ3n) is 5.58. The van der Waals surface area contributed by atoms with E-state index in [1.807, 2.05) is 24.3 Å². The SMILES string of the molecule is O=C(Nc1ccccc1N1CCOCC1)c1cccc(C(=O)NC2CCCC2)c1. The highest BCUT2D eigenvalue weighted by Crippen LogP contribution is 2.27. The van der Waals surface area contributed by atoms with Crippen LogP contribution in [0, 0.1) is 0 Å². The predicted octanol–water partition coefficient (Wildman–Crippen LogP) is 3.45. The highest BCUT2D eigenvalue weighted by molar-refractivity contribution is 6.07. The summed E-state index contributed by atoms with van der Waals surface area (Å²) in [5, 5.41) is 6.08. The van der Waals surface area contributed by atoms with E-state index in [0.717, 1.165) is 50.1 Å². The zero-order valence-electron chi connectivity index (χ0n) is 16.5. The predicted molar refractivity (Wildman–Crippen MR) is 114 cm³/mol. The van der Waals surface area contributed by atoms with E-state index in [0.29, 0.717) is 24.3 Å². The number of nitrogens with zero attached hydrogens (tertiary/aromatic N) is 1. The lowest BCUT2D eigenvalue weighted by Crippen LogP contribution is -2.36. The minimum Gasteiger partial charge on any atom is -0.378 e. The number of hydrogen-bond donors (Lipinski definition) is 2. The first-order valence-corrected chi connectivity index (χ1v) is 10.3. The molecule has 0 bridgehead atoms. The molecule has 0 aromatic heterocycles. The first kappa shape index (κ1) is 19.5. The Balaban J connectivity index is 1.47. The Morgan fingerprint density at radius 1 is 0.897 bits per heavy atom. The first-order chi connectivity index (χ1) is 14.2. The Morgan fingerprint density at radius 3 is 2.34 bits per heavy atom. The maximum atomic E-state index is 12.9. The van der Waals surface area contributed by atoms with Crippen molar-refractivity contribution in [2.24, 2.45) is 0 Å². The molecule has 0 atom stereocenters. The number of rotatable bonds is 5. The zero-order chi connectivity index (χ0) is 20.1. The van der Waals surface area contributed by atoms with Crippen molar-refractivity contribution in [2.75, 3.05) is 36.5 Å². The summed E-state index contributed by atoms with van der Waals surface area (Å²) in [4.78, 5) is 27.6. The molecule has 2 aromatic rings. The summed E-state index contributed by atoms with van der Waals surface area (Å²) in [6.07, 6.45) is 4.39. The van der Waals surface area contributed by atoms with Crippen LogP contribution in [0.15, 0.2) is 48.5 Å². The van der Waals surface area contributed by atoms with Crippen LogP contribution in [0.25, 0.3) is 0 Å². The molecule has 0 unspecified atom stereocenters. The Labute approximate surface area is 171 Å². The van der Waals surface area contributed by atoms with Crippen LogP contribution in [0.4, 0.5) is 11.4 Å². The van der Waals surface area contributed by atoms with Crippen molar-refractivity contribution < 1.29 is 14.3 Å². The van der Waals surface area contributed by atoms with Crippen molar-refractivity contribution in [2.45, 2.75) is 31.7 Å². The van der Waals surface area contributed by atoms with E-state index in [4.69, 9.17) is 4.74 Å². The lowest BCUT2D eigenvalue weighted by molar-refractivity contribution is 0.0938. The highest BCUT2D eigenvalue weighted by Gasteiger charge is 2.19. The lowest BCUT2D eigenvalue weighted by atomic mass is 10.1. The number of amides is 2. The van der Waals surface area contributed by atoms with Crippen LogP contribution in [0.1, 0.15) is 46.4 Å². The summed E-state index contributed by atoms with van der Waals surface area (Å²) in [6, 6.07) is 14.9. The normalized spacial score (nSPS) is 17.2. The van der Waals surface area contributed by atoms with Gasteiger partial charge in [0, 0.05) is 30.3 Å². The fourth-order valence-corrected chi connectivity index (χ4v) is 3.99. The molecular weight excluding hydrogens is 366 g/mol. The van der Waals surface area contributed by atoms with E-state index in [2.05, 4.69) is 15.5 Å². The van der Waals surface area contributed by atoms with E-state index in [9.17, 15) is 9.59 Å². The standard InChI is InChI=1S/C23H27N3O3/c27-22(24-19-8-1-2-9-19)17-6-5-7-18(16-17)23(28)25-20-10-3-4-11-21(20)26-12-14-29-15-13-26/h3-7,10-11,16,19H,1-2,8-9,12-15H2,(H,24,27)(H,25,28). The largest absolute Gasteiger partial charge is 0.378 e. The molecule has 1 aliphatic heterocycles. The molecule has 2 amide bonds. The van der Waals surface area contributed by atoms with Gasteiger partial charge in [0.2, 0.25) is 0 Å². The van der Waals surface area contributed by atoms with Crippen LogP contribution < -0.4 is 15.5 Å². The van der Waals surface area contributed by atoms with Gasteiger partial charge in [0.1, 0.15) is 0 Å². The van der Waals surface area contributed by atoms with Gasteiger partial charge < -0.3 is 20.3 Å². The minimum atomic E-state index is -0.221. The molecule has 29 heavy (non-hydrogen) atoms. The summed E-state index contributed by atoms with van der Waals surface area (Å²) in [5.41, 5.74) is 2.74. The zero-order valence-corrected chi connectivity index (χ0v) is 16.5. The average Bonchev–Trinajstić information content (AvgIpc) is 3.28. The summed E-state index contributed by atoms with van der Waals surface area (Å²) >= 11 is 0. The molecule has 4 rings (SSSR count). The van der Waals surface area contributed by atoms with Gasteiger partial charge in [0.15, 0.2) is 0 Å². The van der Waals surface area contributed by atoms with Gasteiger partial charge in [-0.05, 0) is 43.2 Å². The summed E-state index contributed by atoms with van der Waals surface area (Å²) in [5.74, 6) is -0.332. The molecule has 1 saturated heterocycles. The molecule has 0 spiro atoms. The molecule has 0 radical (unpaired) electrons. The summed E-state index contributed by atoms with van der Waals surface area (Å²) in [7, 11) is 0. The molecular formula is C23H27N3O3. The van der Waals surface area contributed by atoms with Gasteiger partial charge in [-0.2, -0.15) is 0 Å². The van der Waals surface area contributed by atoms with Gasteiger partial charge >= 0.3 is 0 Å². The number of morpholine rings is 1. The van der Waals surface area contributed by atoms with Gasteiger partial charge in [0.05, 0.1) is 24.6 Å². The molecule has 6 nitrogen and oxygen atoms in total. The number of carbonyl (C=O) groups excluding carboxylic acids is 2. The fourth-order valence-electron chi connectivity index (χ4n) is 3.99. The van der Waals surface area contributed by atoms with E-state index >= 15 is 0 Å². The Hall–Kier alpha value is -2.86. The number of para-hydroxylation sites is 2. The van der Waals surface area contributed by atoms with Crippen molar-refractivity contribution >= 4 is 23.2 Å². The van der Waals surface area contributed by atoms with Crippen molar-refractivity contribution in [3.8, 4) is 0 Å². The molecule has 6 heteroatoms. The Morgan fingerprint density at radius 2 is 1.59 bits per heavy atom. The van der Waals surface area contributed by atoms with Gasteiger partial charge in [0.25, 0.3) is 11.8 Å². The highest BCUT2D eigenvalue weighted by atomic mass is 16.5. The molecule has 1 saturated carbocycles. The smallest absolute Gasteiger partial charge is 0.255 e. The second-order valence-corrected chi connectivity index (χ2v) is 7.61. The van der Waals surface area contributed by atoms with Crippen molar-refractivity contribution in [3.05, 3.63) is 59.7 Å². The van der Waals surface area contributed by atoms with Crippen LogP contribution in [0.2, 0.25) is 0 Å². The molecule has 2 aliphatic rings. The molecule has 1 aliphatic carbocycles. The van der Waals surface area contributed by atoms with E-state index in [1.54, 1.807) is 24.3 Å². The second kappa shape index (κ2) is 9.09. The number of benzene rings is 2. The third kappa shape index (κ3) is 4.77. The lowest BCUT2D eigenvalue weighted by Gasteiger charge is -2.30. The van der Waals surface area contributed by atoms with Crippen molar-refractivity contribution in [1.29, 1.82) is 0 Å². The third-order valence-corrected chi connectivity index (χ3v) is 5.58. The van der Waals surface area contributed by atoms with Crippen LogP contribution in [0.5, 0.6) is 0 Å². The monoisotopic (exact) mass is 393 g/mol. The maximum absolute atomic E-state index is 12.9. The summed E-state index contributed by atoms with van der Waals surface area (Å²) in [6.45, 7) is 2.95. The molecule has 2 fully saturated rings. The first-order valence-electron chi connectivity index (χ1n) is 10.3. The fraction of sp³-hybridized carbons (Fsp3) is 0.391. The van der Waals surface area contributed by atoms with E-state index < -0.39 is 0 Å². The quantitative estimate of drug-likeness (QED) is 0.816. The summed E-state index contributed by atoms with van der Waals surface area (Å²) < 4.78 is 5.43. The Kier molecular flexibility index (Phi) is 6.10. The molecule has 1 heterocycles. The van der Waals surface area contributed by atoms with E-state index in [1.165, 1.54) is 0 Å². The van der Waals surface area contributed by atoms with Gasteiger partial charge in [-0.1, -0.05) is 31.0 Å². The molecule has 2 N–H and O–H groups in total. The topological polar surface area (TPSA) is 70.7 Å². The molecule has 152 valence electrons. The van der Waals surface area contributed by atoms with Crippen molar-refractivity contribution in [3.63, 3.8) is 0 Å². The van der Waals surface area contributed by atoms with Gasteiger partial charge in [-0.15, -0.1) is 0 Å². The maximum Gasteiger partial charge on any atom is 0.255 e. The molecule has 2 aromatic carbocycles. The van der Waals surface area contributed by atoms with Crippen LogP contribution >= 0.6 is 0 Å². The Bertz CT molecular complexity index is 871. The number of hydrogen-bond acceptors (Lipinski definition) is 4. The van der Waals surface area contributed by atoms with Crippen molar-refractivity contribution in [1.82, 2.24) is 5.32 Å². The second-order valence-electron chi connectivity index (χ2n) is 7.61. The average molecular weight is 393 g/mol. The van der Waals surface area contributed by atoms with Crippen LogP contribution in [0.3, 0.4) is 0 Å². The number of ether oxygens (including phenoxy) is 1. The number of carbonyl (C=O) groups is 2. The van der Waals surface area contributed by atoms with Crippen LogP contribution in [-0.4, -0.2) is 44.2 Å². The number of anilines is 2. The van der Waals surface area contributed by atoms with E-state index in [-0.39, 0.29) is 17.9 Å².